The smallest absolute Gasteiger partial charge is 0.225 e. The number of amides is 2. The number of rotatable bonds is 5. The molecule has 6 heteroatoms. The Hall–Kier alpha value is -2.89. The number of methoxy groups -OCH3 is 1. The summed E-state index contributed by atoms with van der Waals surface area (Å²) >= 11 is 0. The first-order valence-corrected chi connectivity index (χ1v) is 8.16. The van der Waals surface area contributed by atoms with Crippen LogP contribution < -0.4 is 10.1 Å². The second-order valence-electron chi connectivity index (χ2n) is 6.14. The molecule has 3 rings (SSSR count). The van der Waals surface area contributed by atoms with E-state index in [9.17, 15) is 9.59 Å². The van der Waals surface area contributed by atoms with Crippen LogP contribution in [0.4, 0.5) is 0 Å². The molecule has 0 spiro atoms. The normalized spacial score (nSPS) is 19.8. The molecule has 1 aromatic carbocycles. The number of hydrogen-bond acceptors (Lipinski definition) is 4. The Kier molecular flexibility index (Phi) is 4.97. The molecule has 25 heavy (non-hydrogen) atoms. The molecule has 0 bridgehead atoms. The predicted molar refractivity (Wildman–Crippen MR) is 93.0 cm³/mol. The average Bonchev–Trinajstić information content (AvgIpc) is 2.90. The summed E-state index contributed by atoms with van der Waals surface area (Å²) in [4.78, 5) is 30.3. The molecular weight excluding hydrogens is 318 g/mol. The molecule has 1 N–H and O–H groups in total. The second-order valence-corrected chi connectivity index (χ2v) is 6.14. The van der Waals surface area contributed by atoms with Crippen molar-refractivity contribution in [2.75, 3.05) is 14.2 Å². The molecule has 1 aliphatic rings. The lowest BCUT2D eigenvalue weighted by Gasteiger charge is -2.25. The van der Waals surface area contributed by atoms with Gasteiger partial charge in [-0.25, -0.2) is 0 Å². The van der Waals surface area contributed by atoms with Crippen LogP contribution in [-0.2, 0) is 16.0 Å². The Morgan fingerprint density at radius 3 is 2.72 bits per heavy atom. The molecule has 1 aromatic heterocycles. The summed E-state index contributed by atoms with van der Waals surface area (Å²) in [5.74, 6) is 0.666. The van der Waals surface area contributed by atoms with Gasteiger partial charge in [-0.1, -0.05) is 18.2 Å². The van der Waals surface area contributed by atoms with E-state index in [4.69, 9.17) is 4.74 Å². The third-order valence-corrected chi connectivity index (χ3v) is 4.48. The fraction of sp³-hybridized carbons (Fsp3) is 0.316. The van der Waals surface area contributed by atoms with Gasteiger partial charge >= 0.3 is 0 Å². The van der Waals surface area contributed by atoms with Crippen molar-refractivity contribution in [1.82, 2.24) is 15.2 Å². The molecular formula is C19H21N3O3. The van der Waals surface area contributed by atoms with Crippen molar-refractivity contribution in [3.8, 4) is 5.75 Å². The lowest BCUT2D eigenvalue weighted by Crippen LogP contribution is -2.39. The average molecular weight is 339 g/mol. The van der Waals surface area contributed by atoms with Crippen molar-refractivity contribution in [1.29, 1.82) is 0 Å². The molecule has 6 nitrogen and oxygen atoms in total. The van der Waals surface area contributed by atoms with Gasteiger partial charge in [0, 0.05) is 25.9 Å². The van der Waals surface area contributed by atoms with Gasteiger partial charge in [-0.05, 0) is 29.3 Å². The maximum atomic E-state index is 12.4. The molecule has 2 heterocycles. The van der Waals surface area contributed by atoms with Gasteiger partial charge in [-0.15, -0.1) is 0 Å². The van der Waals surface area contributed by atoms with Gasteiger partial charge < -0.3 is 15.0 Å². The topological polar surface area (TPSA) is 71.5 Å². The van der Waals surface area contributed by atoms with E-state index in [0.717, 1.165) is 16.9 Å². The van der Waals surface area contributed by atoms with E-state index in [2.05, 4.69) is 10.3 Å². The molecule has 0 saturated carbocycles. The number of likely N-dealkylation sites (N-methyl/N-ethyl adjacent to an activating group) is 1. The number of benzene rings is 1. The maximum absolute atomic E-state index is 12.4. The first-order valence-electron chi connectivity index (χ1n) is 8.16. The summed E-state index contributed by atoms with van der Waals surface area (Å²) in [5.41, 5.74) is 1.82. The molecule has 130 valence electrons. The summed E-state index contributed by atoms with van der Waals surface area (Å²) in [6.45, 7) is 0. The molecule has 0 radical (unpaired) electrons. The van der Waals surface area contributed by atoms with Crippen LogP contribution in [0.2, 0.25) is 0 Å². The summed E-state index contributed by atoms with van der Waals surface area (Å²) in [6.07, 6.45) is 3.99. The number of likely N-dealkylation sites (tertiary alicyclic amines) is 1. The van der Waals surface area contributed by atoms with E-state index in [1.165, 1.54) is 0 Å². The van der Waals surface area contributed by atoms with Crippen LogP contribution in [0.3, 0.4) is 0 Å². The van der Waals surface area contributed by atoms with E-state index >= 15 is 0 Å². The number of nitrogens with zero attached hydrogens (tertiary/aromatic N) is 2. The fourth-order valence-electron chi connectivity index (χ4n) is 3.19. The highest BCUT2D eigenvalue weighted by Gasteiger charge is 2.39. The van der Waals surface area contributed by atoms with Gasteiger partial charge in [0.2, 0.25) is 11.8 Å². The van der Waals surface area contributed by atoms with Gasteiger partial charge in [0.1, 0.15) is 5.75 Å². The minimum absolute atomic E-state index is 0.0172. The highest BCUT2D eigenvalue weighted by molar-refractivity contribution is 5.83. The van der Waals surface area contributed by atoms with Crippen molar-refractivity contribution in [3.05, 3.63) is 59.9 Å². The molecule has 2 amide bonds. The Bertz CT molecular complexity index is 746. The quantitative estimate of drug-likeness (QED) is 0.900. The van der Waals surface area contributed by atoms with Crippen LogP contribution >= 0.6 is 0 Å². The predicted octanol–water partition coefficient (Wildman–Crippen LogP) is 1.72. The monoisotopic (exact) mass is 339 g/mol. The minimum Gasteiger partial charge on any atom is -0.497 e. The second kappa shape index (κ2) is 7.34. The van der Waals surface area contributed by atoms with Crippen molar-refractivity contribution >= 4 is 11.8 Å². The van der Waals surface area contributed by atoms with Gasteiger partial charge in [-0.2, -0.15) is 0 Å². The fourth-order valence-corrected chi connectivity index (χ4v) is 3.19. The van der Waals surface area contributed by atoms with Gasteiger partial charge in [0.25, 0.3) is 0 Å². The Morgan fingerprint density at radius 2 is 2.08 bits per heavy atom. The number of carbonyl (C=O) groups is 2. The summed E-state index contributed by atoms with van der Waals surface area (Å²) in [7, 11) is 3.36. The highest BCUT2D eigenvalue weighted by Crippen LogP contribution is 2.31. The van der Waals surface area contributed by atoms with Crippen LogP contribution in [0.15, 0.2) is 48.8 Å². The lowest BCUT2D eigenvalue weighted by molar-refractivity contribution is -0.127. The number of ether oxygens (including phenoxy) is 1. The summed E-state index contributed by atoms with van der Waals surface area (Å²) in [6, 6.07) is 10.7. The number of pyridine rings is 1. The zero-order valence-corrected chi connectivity index (χ0v) is 14.3. The third kappa shape index (κ3) is 3.79. The number of hydrogen-bond donors (Lipinski definition) is 1. The molecule has 0 aliphatic carbocycles. The van der Waals surface area contributed by atoms with Crippen molar-refractivity contribution in [3.63, 3.8) is 0 Å². The highest BCUT2D eigenvalue weighted by atomic mass is 16.5. The summed E-state index contributed by atoms with van der Waals surface area (Å²) < 4.78 is 5.12. The SMILES string of the molecule is COc1ccc(CC(=O)N[C@@H]2CC(=O)N(C)[C@H]2c2cccnc2)cc1. The molecule has 1 saturated heterocycles. The van der Waals surface area contributed by atoms with Crippen molar-refractivity contribution < 1.29 is 14.3 Å². The maximum Gasteiger partial charge on any atom is 0.225 e. The van der Waals surface area contributed by atoms with Gasteiger partial charge in [0.15, 0.2) is 0 Å². The molecule has 2 aromatic rings. The van der Waals surface area contributed by atoms with E-state index in [1.807, 2.05) is 36.4 Å². The van der Waals surface area contributed by atoms with E-state index in [1.54, 1.807) is 31.5 Å². The Balaban J connectivity index is 1.69. The molecule has 0 unspecified atom stereocenters. The van der Waals surface area contributed by atoms with E-state index in [-0.39, 0.29) is 30.3 Å². The van der Waals surface area contributed by atoms with Crippen LogP contribution in [0.5, 0.6) is 5.75 Å². The first kappa shape index (κ1) is 17.0. The first-order chi connectivity index (χ1) is 12.1. The van der Waals surface area contributed by atoms with Gasteiger partial charge in [0.05, 0.1) is 25.6 Å². The van der Waals surface area contributed by atoms with E-state index < -0.39 is 0 Å². The Labute approximate surface area is 146 Å². The molecule has 1 fully saturated rings. The van der Waals surface area contributed by atoms with E-state index in [0.29, 0.717) is 6.42 Å². The molecule has 2 atom stereocenters. The van der Waals surface area contributed by atoms with Crippen molar-refractivity contribution in [2.45, 2.75) is 24.9 Å². The minimum atomic E-state index is -0.257. The molecule has 1 aliphatic heterocycles. The number of carbonyl (C=O) groups excluding carboxylic acids is 2. The van der Waals surface area contributed by atoms with Crippen LogP contribution in [0.25, 0.3) is 0 Å². The van der Waals surface area contributed by atoms with Crippen LogP contribution in [0.1, 0.15) is 23.6 Å². The lowest BCUT2D eigenvalue weighted by atomic mass is 10.0. The largest absolute Gasteiger partial charge is 0.497 e. The van der Waals surface area contributed by atoms with Crippen LogP contribution in [0, 0.1) is 0 Å². The van der Waals surface area contributed by atoms with Crippen LogP contribution in [-0.4, -0.2) is 41.9 Å². The Morgan fingerprint density at radius 1 is 1.32 bits per heavy atom. The van der Waals surface area contributed by atoms with Gasteiger partial charge in [-0.3, -0.25) is 14.6 Å². The summed E-state index contributed by atoms with van der Waals surface area (Å²) in [5, 5.41) is 3.00. The third-order valence-electron chi connectivity index (χ3n) is 4.48. The zero-order valence-electron chi connectivity index (χ0n) is 14.3. The zero-order chi connectivity index (χ0) is 17.8. The standard InChI is InChI=1S/C19H21N3O3/c1-22-18(24)11-16(19(22)14-4-3-9-20-12-14)21-17(23)10-13-5-7-15(25-2)8-6-13/h3-9,12,16,19H,10-11H2,1-2H3,(H,21,23)/t16-,19+/m1/s1. The number of nitrogens with one attached hydrogen (secondary N) is 1. The van der Waals surface area contributed by atoms with Crippen molar-refractivity contribution in [2.24, 2.45) is 0 Å². The number of aromatic nitrogens is 1.